The van der Waals surface area contributed by atoms with Gasteiger partial charge in [0, 0.05) is 24.5 Å². The van der Waals surface area contributed by atoms with Gasteiger partial charge in [0.25, 0.3) is 5.91 Å². The molecule has 0 saturated carbocycles. The van der Waals surface area contributed by atoms with Crippen LogP contribution in [0.3, 0.4) is 0 Å². The van der Waals surface area contributed by atoms with Gasteiger partial charge in [-0.25, -0.2) is 0 Å². The van der Waals surface area contributed by atoms with E-state index in [1.165, 1.54) is 0 Å². The van der Waals surface area contributed by atoms with Crippen LogP contribution in [0.15, 0.2) is 36.7 Å². The fraction of sp³-hybridized carbons (Fsp3) is 0.333. The van der Waals surface area contributed by atoms with Crippen LogP contribution in [0.2, 0.25) is 0 Å². The zero-order chi connectivity index (χ0) is 15.3. The Morgan fingerprint density at radius 2 is 2.00 bits per heavy atom. The molecule has 6 heteroatoms. The molecule has 2 heterocycles. The highest BCUT2D eigenvalue weighted by atomic mass is 16.2. The average Bonchev–Trinajstić information content (AvgIpc) is 2.45. The molecule has 2 N–H and O–H groups in total. The summed E-state index contributed by atoms with van der Waals surface area (Å²) in [5.74, 6) is 0.389. The minimum absolute atomic E-state index is 0.228. The van der Waals surface area contributed by atoms with Gasteiger partial charge < -0.3 is 10.6 Å². The molecule has 0 aromatic carbocycles. The quantitative estimate of drug-likeness (QED) is 0.898. The van der Waals surface area contributed by atoms with E-state index in [1.807, 2.05) is 32.9 Å². The van der Waals surface area contributed by atoms with Crippen molar-refractivity contribution in [1.82, 2.24) is 20.5 Å². The van der Waals surface area contributed by atoms with Gasteiger partial charge in [0.05, 0.1) is 0 Å². The van der Waals surface area contributed by atoms with E-state index in [-0.39, 0.29) is 11.4 Å². The SMILES string of the molecule is CC(C)(C)NC(=O)c1ccc(NCc2cccnc2)nn1. The standard InChI is InChI=1S/C15H19N5O/c1-15(2,3)18-14(21)12-6-7-13(20-19-12)17-10-11-5-4-8-16-9-11/h4-9H,10H2,1-3H3,(H,17,20)(H,18,21). The number of nitrogens with zero attached hydrogens (tertiary/aromatic N) is 3. The van der Waals surface area contributed by atoms with Gasteiger partial charge in [0.15, 0.2) is 5.69 Å². The number of nitrogens with one attached hydrogen (secondary N) is 2. The predicted molar refractivity (Wildman–Crippen MR) is 80.8 cm³/mol. The van der Waals surface area contributed by atoms with Crippen LogP contribution in [0.4, 0.5) is 5.82 Å². The minimum Gasteiger partial charge on any atom is -0.364 e. The number of rotatable bonds is 4. The van der Waals surface area contributed by atoms with Crippen molar-refractivity contribution in [3.63, 3.8) is 0 Å². The summed E-state index contributed by atoms with van der Waals surface area (Å²) in [4.78, 5) is 15.9. The summed E-state index contributed by atoms with van der Waals surface area (Å²) in [5, 5.41) is 13.9. The Bertz CT molecular complexity index is 590. The molecular formula is C15H19N5O. The van der Waals surface area contributed by atoms with Crippen LogP contribution < -0.4 is 10.6 Å². The molecule has 2 aromatic heterocycles. The number of hydrogen-bond donors (Lipinski definition) is 2. The molecule has 0 fully saturated rings. The Hall–Kier alpha value is -2.50. The van der Waals surface area contributed by atoms with Gasteiger partial charge in [-0.1, -0.05) is 6.07 Å². The summed E-state index contributed by atoms with van der Waals surface area (Å²) in [6.07, 6.45) is 3.51. The van der Waals surface area contributed by atoms with Gasteiger partial charge in [0.2, 0.25) is 0 Å². The number of anilines is 1. The van der Waals surface area contributed by atoms with E-state index in [0.717, 1.165) is 5.56 Å². The molecule has 6 nitrogen and oxygen atoms in total. The smallest absolute Gasteiger partial charge is 0.272 e. The van der Waals surface area contributed by atoms with Crippen LogP contribution in [0.25, 0.3) is 0 Å². The van der Waals surface area contributed by atoms with E-state index in [1.54, 1.807) is 24.5 Å². The van der Waals surface area contributed by atoms with Gasteiger partial charge in [-0.2, -0.15) is 0 Å². The number of carbonyl (C=O) groups excluding carboxylic acids is 1. The Morgan fingerprint density at radius 3 is 2.57 bits per heavy atom. The lowest BCUT2D eigenvalue weighted by Crippen LogP contribution is -2.41. The zero-order valence-electron chi connectivity index (χ0n) is 12.4. The van der Waals surface area contributed by atoms with E-state index in [9.17, 15) is 4.79 Å². The second-order valence-electron chi connectivity index (χ2n) is 5.72. The first-order chi connectivity index (χ1) is 9.94. The van der Waals surface area contributed by atoms with Crippen molar-refractivity contribution in [2.45, 2.75) is 32.9 Å². The van der Waals surface area contributed by atoms with Crippen LogP contribution in [-0.4, -0.2) is 26.6 Å². The summed E-state index contributed by atoms with van der Waals surface area (Å²) < 4.78 is 0. The van der Waals surface area contributed by atoms with E-state index in [0.29, 0.717) is 18.1 Å². The average molecular weight is 285 g/mol. The lowest BCUT2D eigenvalue weighted by atomic mass is 10.1. The molecular weight excluding hydrogens is 266 g/mol. The molecule has 0 atom stereocenters. The van der Waals surface area contributed by atoms with Crippen LogP contribution >= 0.6 is 0 Å². The second-order valence-corrected chi connectivity index (χ2v) is 5.72. The van der Waals surface area contributed by atoms with Crippen molar-refractivity contribution in [2.75, 3.05) is 5.32 Å². The number of amides is 1. The molecule has 110 valence electrons. The Morgan fingerprint density at radius 1 is 1.19 bits per heavy atom. The lowest BCUT2D eigenvalue weighted by molar-refractivity contribution is 0.0913. The van der Waals surface area contributed by atoms with Gasteiger partial charge in [-0.3, -0.25) is 9.78 Å². The third-order valence-corrected chi connectivity index (χ3v) is 2.58. The van der Waals surface area contributed by atoms with Crippen molar-refractivity contribution >= 4 is 11.7 Å². The number of carbonyl (C=O) groups is 1. The lowest BCUT2D eigenvalue weighted by Gasteiger charge is -2.19. The minimum atomic E-state index is -0.296. The third kappa shape index (κ3) is 4.83. The molecule has 0 spiro atoms. The van der Waals surface area contributed by atoms with Crippen molar-refractivity contribution in [2.24, 2.45) is 0 Å². The van der Waals surface area contributed by atoms with Crippen molar-refractivity contribution in [3.8, 4) is 0 Å². The maximum Gasteiger partial charge on any atom is 0.272 e. The molecule has 2 rings (SSSR count). The Balaban J connectivity index is 1.94. The zero-order valence-corrected chi connectivity index (χ0v) is 12.4. The van der Waals surface area contributed by atoms with Gasteiger partial charge in [-0.15, -0.1) is 10.2 Å². The highest BCUT2D eigenvalue weighted by molar-refractivity contribution is 5.92. The van der Waals surface area contributed by atoms with E-state index in [4.69, 9.17) is 0 Å². The Kier molecular flexibility index (Phi) is 4.47. The highest BCUT2D eigenvalue weighted by Gasteiger charge is 2.16. The maximum atomic E-state index is 11.9. The van der Waals surface area contributed by atoms with Gasteiger partial charge >= 0.3 is 0 Å². The fourth-order valence-electron chi connectivity index (χ4n) is 1.65. The van der Waals surface area contributed by atoms with Crippen LogP contribution in [0.1, 0.15) is 36.8 Å². The van der Waals surface area contributed by atoms with Gasteiger partial charge in [-0.05, 0) is 44.5 Å². The summed E-state index contributed by atoms with van der Waals surface area (Å²) in [6, 6.07) is 7.24. The molecule has 2 aromatic rings. The first kappa shape index (κ1) is 14.9. The molecule has 0 aliphatic carbocycles. The summed E-state index contributed by atoms with van der Waals surface area (Å²) in [5.41, 5.74) is 1.06. The third-order valence-electron chi connectivity index (χ3n) is 2.58. The second kappa shape index (κ2) is 6.30. The molecule has 0 bridgehead atoms. The molecule has 21 heavy (non-hydrogen) atoms. The molecule has 0 unspecified atom stereocenters. The Labute approximate surface area is 124 Å². The first-order valence-corrected chi connectivity index (χ1v) is 6.73. The summed E-state index contributed by atoms with van der Waals surface area (Å²) in [6.45, 7) is 6.36. The van der Waals surface area contributed by atoms with Gasteiger partial charge in [0.1, 0.15) is 5.82 Å². The first-order valence-electron chi connectivity index (χ1n) is 6.73. The summed E-state index contributed by atoms with van der Waals surface area (Å²) in [7, 11) is 0. The predicted octanol–water partition coefficient (Wildman–Crippen LogP) is 2.01. The topological polar surface area (TPSA) is 79.8 Å². The fourth-order valence-corrected chi connectivity index (χ4v) is 1.65. The number of aromatic nitrogens is 3. The maximum absolute atomic E-state index is 11.9. The molecule has 0 radical (unpaired) electrons. The largest absolute Gasteiger partial charge is 0.364 e. The number of pyridine rings is 1. The van der Waals surface area contributed by atoms with Crippen molar-refractivity contribution in [1.29, 1.82) is 0 Å². The normalized spacial score (nSPS) is 11.0. The van der Waals surface area contributed by atoms with Crippen molar-refractivity contribution in [3.05, 3.63) is 47.9 Å². The van der Waals surface area contributed by atoms with Crippen LogP contribution in [0.5, 0.6) is 0 Å². The summed E-state index contributed by atoms with van der Waals surface area (Å²) >= 11 is 0. The molecule has 0 saturated heterocycles. The molecule has 0 aliphatic heterocycles. The van der Waals surface area contributed by atoms with Crippen molar-refractivity contribution < 1.29 is 4.79 Å². The molecule has 0 aliphatic rings. The number of hydrogen-bond acceptors (Lipinski definition) is 5. The van der Waals surface area contributed by atoms with E-state index < -0.39 is 0 Å². The molecule has 1 amide bonds. The highest BCUT2D eigenvalue weighted by Crippen LogP contribution is 2.06. The van der Waals surface area contributed by atoms with Crippen LogP contribution in [0, 0.1) is 0 Å². The monoisotopic (exact) mass is 285 g/mol. The van der Waals surface area contributed by atoms with Crippen LogP contribution in [-0.2, 0) is 6.54 Å². The van der Waals surface area contributed by atoms with E-state index in [2.05, 4.69) is 25.8 Å². The van der Waals surface area contributed by atoms with E-state index >= 15 is 0 Å².